The predicted octanol–water partition coefficient (Wildman–Crippen LogP) is 4.56. The maximum absolute atomic E-state index is 13.6. The molecule has 1 fully saturated rings. The quantitative estimate of drug-likeness (QED) is 0.576. The number of furan rings is 1. The lowest BCUT2D eigenvalue weighted by Gasteiger charge is -2.33. The van der Waals surface area contributed by atoms with Crippen LogP contribution in [0.3, 0.4) is 0 Å². The molecule has 4 rings (SSSR count). The van der Waals surface area contributed by atoms with E-state index in [-0.39, 0.29) is 12.5 Å². The molecule has 5 nitrogen and oxygen atoms in total. The van der Waals surface area contributed by atoms with Crippen molar-refractivity contribution in [1.82, 2.24) is 14.8 Å². The Hall–Kier alpha value is -2.67. The minimum absolute atomic E-state index is 0.198. The highest BCUT2D eigenvalue weighted by Gasteiger charge is 2.19. The van der Waals surface area contributed by atoms with Gasteiger partial charge in [0.2, 0.25) is 0 Å². The van der Waals surface area contributed by atoms with Gasteiger partial charge in [-0.3, -0.25) is 4.79 Å². The monoisotopic (exact) mass is 415 g/mol. The van der Waals surface area contributed by atoms with Crippen LogP contribution in [0.1, 0.15) is 48.7 Å². The molecule has 0 radical (unpaired) electrons. The maximum Gasteiger partial charge on any atom is 0.268 e. The number of amides is 1. The van der Waals surface area contributed by atoms with Gasteiger partial charge in [0.15, 0.2) is 17.2 Å². The number of halogens is 2. The van der Waals surface area contributed by atoms with Crippen LogP contribution in [0, 0.1) is 11.6 Å². The van der Waals surface area contributed by atoms with Gasteiger partial charge in [0, 0.05) is 37.8 Å². The first-order valence-electron chi connectivity index (χ1n) is 10.6. The highest BCUT2D eigenvalue weighted by molar-refractivity contribution is 5.97. The number of carbonyl (C=O) groups excluding carboxylic acids is 1. The van der Waals surface area contributed by atoms with E-state index >= 15 is 0 Å². The third-order valence-corrected chi connectivity index (χ3v) is 5.93. The zero-order valence-corrected chi connectivity index (χ0v) is 17.2. The van der Waals surface area contributed by atoms with Gasteiger partial charge in [-0.1, -0.05) is 12.5 Å². The van der Waals surface area contributed by atoms with Crippen LogP contribution in [-0.4, -0.2) is 41.1 Å². The second-order valence-electron chi connectivity index (χ2n) is 8.02. The van der Waals surface area contributed by atoms with Crippen molar-refractivity contribution in [2.75, 3.05) is 19.6 Å². The van der Waals surface area contributed by atoms with Gasteiger partial charge < -0.3 is 19.2 Å². The minimum atomic E-state index is -0.902. The summed E-state index contributed by atoms with van der Waals surface area (Å²) in [4.78, 5) is 15.3. The lowest BCUT2D eigenvalue weighted by atomic mass is 10.0. The summed E-state index contributed by atoms with van der Waals surface area (Å²) in [6.07, 6.45) is 6.21. The molecule has 1 amide bonds. The molecular formula is C23H27F2N3O2. The Morgan fingerprint density at radius 2 is 2.07 bits per heavy atom. The molecule has 160 valence electrons. The van der Waals surface area contributed by atoms with Crippen LogP contribution in [0.5, 0.6) is 0 Å². The number of fused-ring (bicyclic) bond motifs is 1. The molecule has 2 aromatic heterocycles. The van der Waals surface area contributed by atoms with E-state index in [1.165, 1.54) is 25.3 Å². The van der Waals surface area contributed by atoms with E-state index in [1.54, 1.807) is 23.0 Å². The van der Waals surface area contributed by atoms with Gasteiger partial charge in [-0.05, 0) is 50.4 Å². The standard InChI is InChI=1S/C23H27F2N3O2/c1-16-5-2-3-10-27(16)11-4-9-26-23(29)21-14-22-20(8-12-30-22)28(21)15-17-6-7-18(24)19(25)13-17/h6-8,12-14,16H,2-5,9-11,15H2,1H3,(H,26,29). The Balaban J connectivity index is 1.42. The number of benzene rings is 1. The molecule has 3 aromatic rings. The smallest absolute Gasteiger partial charge is 0.268 e. The highest BCUT2D eigenvalue weighted by Crippen LogP contribution is 2.23. The summed E-state index contributed by atoms with van der Waals surface area (Å²) in [6, 6.07) is 7.84. The van der Waals surface area contributed by atoms with Crippen molar-refractivity contribution in [3.8, 4) is 0 Å². The molecule has 0 saturated carbocycles. The SMILES string of the molecule is CC1CCCCN1CCCNC(=O)c1cc2occc2n1Cc1ccc(F)c(F)c1. The average molecular weight is 415 g/mol. The van der Waals surface area contributed by atoms with Crippen LogP contribution in [0.4, 0.5) is 8.78 Å². The van der Waals surface area contributed by atoms with E-state index in [2.05, 4.69) is 17.1 Å². The topological polar surface area (TPSA) is 50.4 Å². The molecule has 3 heterocycles. The third-order valence-electron chi connectivity index (χ3n) is 5.93. The summed E-state index contributed by atoms with van der Waals surface area (Å²) in [5.74, 6) is -1.99. The van der Waals surface area contributed by atoms with E-state index < -0.39 is 11.6 Å². The van der Waals surface area contributed by atoms with Gasteiger partial charge in [-0.2, -0.15) is 0 Å². The Bertz CT molecular complexity index is 1030. The molecule has 1 aliphatic rings. The summed E-state index contributed by atoms with van der Waals surface area (Å²) < 4.78 is 34.1. The van der Waals surface area contributed by atoms with Crippen LogP contribution in [0.25, 0.3) is 11.1 Å². The van der Waals surface area contributed by atoms with Crippen LogP contribution >= 0.6 is 0 Å². The zero-order valence-electron chi connectivity index (χ0n) is 17.2. The molecule has 0 spiro atoms. The van der Waals surface area contributed by atoms with Gasteiger partial charge >= 0.3 is 0 Å². The molecule has 30 heavy (non-hydrogen) atoms. The van der Waals surface area contributed by atoms with Gasteiger partial charge in [0.25, 0.3) is 5.91 Å². The molecule has 1 N–H and O–H groups in total. The fourth-order valence-corrected chi connectivity index (χ4v) is 4.22. The van der Waals surface area contributed by atoms with Crippen molar-refractivity contribution in [1.29, 1.82) is 0 Å². The molecule has 1 aromatic carbocycles. The molecule has 0 aliphatic carbocycles. The summed E-state index contributed by atoms with van der Waals surface area (Å²) in [5.41, 5.74) is 2.35. The van der Waals surface area contributed by atoms with E-state index in [4.69, 9.17) is 4.42 Å². The summed E-state index contributed by atoms with van der Waals surface area (Å²) in [7, 11) is 0. The predicted molar refractivity (Wildman–Crippen MR) is 112 cm³/mol. The Morgan fingerprint density at radius 3 is 2.87 bits per heavy atom. The molecule has 1 unspecified atom stereocenters. The number of rotatable bonds is 7. The fourth-order valence-electron chi connectivity index (χ4n) is 4.22. The molecule has 1 saturated heterocycles. The number of hydrogen-bond donors (Lipinski definition) is 1. The van der Waals surface area contributed by atoms with Gasteiger partial charge in [0.1, 0.15) is 5.69 Å². The van der Waals surface area contributed by atoms with E-state index in [1.807, 2.05) is 0 Å². The van der Waals surface area contributed by atoms with E-state index in [0.29, 0.717) is 29.4 Å². The number of piperidine rings is 1. The first kappa shape index (κ1) is 20.6. The number of aromatic nitrogens is 1. The average Bonchev–Trinajstić information content (AvgIpc) is 3.32. The largest absolute Gasteiger partial charge is 0.463 e. The van der Waals surface area contributed by atoms with Crippen LogP contribution in [0.15, 0.2) is 41.0 Å². The van der Waals surface area contributed by atoms with Crippen molar-refractivity contribution in [2.45, 2.75) is 45.2 Å². The van der Waals surface area contributed by atoms with Crippen molar-refractivity contribution in [2.24, 2.45) is 0 Å². The number of nitrogens with one attached hydrogen (secondary N) is 1. The number of nitrogens with zero attached hydrogens (tertiary/aromatic N) is 2. The Morgan fingerprint density at radius 1 is 1.20 bits per heavy atom. The van der Waals surface area contributed by atoms with Gasteiger partial charge in [0.05, 0.1) is 11.8 Å². The highest BCUT2D eigenvalue weighted by atomic mass is 19.2. The second-order valence-corrected chi connectivity index (χ2v) is 8.02. The van der Waals surface area contributed by atoms with Crippen molar-refractivity contribution < 1.29 is 18.0 Å². The van der Waals surface area contributed by atoms with Gasteiger partial charge in [-0.25, -0.2) is 8.78 Å². The Kier molecular flexibility index (Phi) is 6.18. The fraction of sp³-hybridized carbons (Fsp3) is 0.435. The lowest BCUT2D eigenvalue weighted by molar-refractivity contribution is 0.0940. The summed E-state index contributed by atoms with van der Waals surface area (Å²) >= 11 is 0. The number of hydrogen-bond acceptors (Lipinski definition) is 3. The van der Waals surface area contributed by atoms with Crippen LogP contribution in [0.2, 0.25) is 0 Å². The van der Waals surface area contributed by atoms with Crippen LogP contribution in [-0.2, 0) is 6.54 Å². The van der Waals surface area contributed by atoms with Crippen LogP contribution < -0.4 is 5.32 Å². The van der Waals surface area contributed by atoms with Crippen molar-refractivity contribution in [3.05, 3.63) is 59.5 Å². The Labute approximate surface area is 174 Å². The number of likely N-dealkylation sites (tertiary alicyclic amines) is 1. The van der Waals surface area contributed by atoms with Crippen molar-refractivity contribution in [3.63, 3.8) is 0 Å². The number of carbonyl (C=O) groups is 1. The maximum atomic E-state index is 13.6. The van der Waals surface area contributed by atoms with E-state index in [0.717, 1.165) is 37.2 Å². The molecular weight excluding hydrogens is 388 g/mol. The zero-order chi connectivity index (χ0) is 21.1. The third kappa shape index (κ3) is 4.41. The molecule has 1 atom stereocenters. The summed E-state index contributed by atoms with van der Waals surface area (Å²) in [5, 5.41) is 2.99. The molecule has 0 bridgehead atoms. The molecule has 1 aliphatic heterocycles. The van der Waals surface area contributed by atoms with E-state index in [9.17, 15) is 13.6 Å². The van der Waals surface area contributed by atoms with Crippen molar-refractivity contribution >= 4 is 17.0 Å². The summed E-state index contributed by atoms with van der Waals surface area (Å²) in [6.45, 7) is 5.19. The lowest BCUT2D eigenvalue weighted by Crippen LogP contribution is -2.39. The van der Waals surface area contributed by atoms with Gasteiger partial charge in [-0.15, -0.1) is 0 Å². The molecule has 7 heteroatoms. The minimum Gasteiger partial charge on any atom is -0.463 e. The first-order chi connectivity index (χ1) is 14.5. The normalized spacial score (nSPS) is 17.5. The second kappa shape index (κ2) is 9.00. The first-order valence-corrected chi connectivity index (χ1v) is 10.6.